The quantitative estimate of drug-likeness (QED) is 0.394. The van der Waals surface area contributed by atoms with E-state index in [0.717, 1.165) is 5.56 Å². The van der Waals surface area contributed by atoms with Crippen LogP contribution in [-0.4, -0.2) is 20.8 Å². The van der Waals surface area contributed by atoms with E-state index < -0.39 is 10.8 Å². The molecule has 28 heavy (non-hydrogen) atoms. The van der Waals surface area contributed by atoms with Crippen LogP contribution in [0.2, 0.25) is 0 Å². The van der Waals surface area contributed by atoms with Crippen molar-refractivity contribution in [1.82, 2.24) is 9.97 Å². The highest BCUT2D eigenvalue weighted by atomic mass is 16.6. The molecular weight excluding hydrogens is 360 g/mol. The summed E-state index contributed by atoms with van der Waals surface area (Å²) in [6.07, 6.45) is 5.82. The van der Waals surface area contributed by atoms with Gasteiger partial charge in [-0.3, -0.25) is 14.9 Å². The third-order valence-corrected chi connectivity index (χ3v) is 3.75. The van der Waals surface area contributed by atoms with Crippen LogP contribution < -0.4 is 10.1 Å². The van der Waals surface area contributed by atoms with Crippen molar-refractivity contribution in [3.63, 3.8) is 0 Å². The molecule has 1 heterocycles. The van der Waals surface area contributed by atoms with Gasteiger partial charge in [-0.15, -0.1) is 0 Å². The van der Waals surface area contributed by atoms with Crippen LogP contribution in [-0.2, 0) is 4.79 Å². The second-order valence-corrected chi connectivity index (χ2v) is 5.75. The fourth-order valence-electron chi connectivity index (χ4n) is 2.42. The highest BCUT2D eigenvalue weighted by Gasteiger charge is 2.10. The molecule has 140 valence electrons. The van der Waals surface area contributed by atoms with Gasteiger partial charge in [0.05, 0.1) is 10.5 Å². The number of hydrogen-bond donors (Lipinski definition) is 1. The Morgan fingerprint density at radius 1 is 1.14 bits per heavy atom. The van der Waals surface area contributed by atoms with Crippen molar-refractivity contribution in [3.8, 4) is 11.8 Å². The Morgan fingerprint density at radius 3 is 2.61 bits per heavy atom. The van der Waals surface area contributed by atoms with Crippen LogP contribution in [0, 0.1) is 17.0 Å². The number of carbonyl (C=O) groups excluding carboxylic acids is 1. The van der Waals surface area contributed by atoms with Crippen molar-refractivity contribution in [2.24, 2.45) is 0 Å². The lowest BCUT2D eigenvalue weighted by atomic mass is 10.1. The normalized spacial score (nSPS) is 10.6. The average Bonchev–Trinajstić information content (AvgIpc) is 2.69. The van der Waals surface area contributed by atoms with Crippen molar-refractivity contribution < 1.29 is 14.5 Å². The predicted octanol–water partition coefficient (Wildman–Crippen LogP) is 4.14. The van der Waals surface area contributed by atoms with E-state index in [1.165, 1.54) is 18.2 Å². The van der Waals surface area contributed by atoms with Gasteiger partial charge in [-0.1, -0.05) is 12.1 Å². The van der Waals surface area contributed by atoms with E-state index in [-0.39, 0.29) is 11.7 Å². The van der Waals surface area contributed by atoms with Gasteiger partial charge in [0.1, 0.15) is 5.75 Å². The topological polar surface area (TPSA) is 107 Å². The summed E-state index contributed by atoms with van der Waals surface area (Å²) in [5.41, 5.74) is 1.66. The van der Waals surface area contributed by atoms with Gasteiger partial charge in [-0.25, -0.2) is 9.97 Å². The number of aryl methyl sites for hydroxylation is 1. The van der Waals surface area contributed by atoms with E-state index in [4.69, 9.17) is 4.74 Å². The van der Waals surface area contributed by atoms with Crippen LogP contribution in [0.4, 0.5) is 11.4 Å². The van der Waals surface area contributed by atoms with Gasteiger partial charge in [0, 0.05) is 30.2 Å². The molecule has 0 aliphatic rings. The van der Waals surface area contributed by atoms with Gasteiger partial charge in [-0.2, -0.15) is 0 Å². The Balaban J connectivity index is 1.68. The Morgan fingerprint density at radius 2 is 1.89 bits per heavy atom. The average molecular weight is 376 g/mol. The number of carbonyl (C=O) groups is 1. The number of ether oxygens (including phenoxy) is 1. The molecule has 0 aliphatic heterocycles. The fourth-order valence-corrected chi connectivity index (χ4v) is 2.42. The molecule has 0 aliphatic carbocycles. The molecule has 0 atom stereocenters. The number of anilines is 1. The number of nitrogens with one attached hydrogen (secondary N) is 1. The number of para-hydroxylation sites is 1. The smallest absolute Gasteiger partial charge is 0.321 e. The minimum atomic E-state index is -0.489. The molecule has 1 N–H and O–H groups in total. The van der Waals surface area contributed by atoms with Crippen molar-refractivity contribution in [1.29, 1.82) is 0 Å². The van der Waals surface area contributed by atoms with E-state index in [0.29, 0.717) is 17.0 Å². The Bertz CT molecular complexity index is 1040. The van der Waals surface area contributed by atoms with Crippen molar-refractivity contribution in [2.75, 3.05) is 5.32 Å². The van der Waals surface area contributed by atoms with Gasteiger partial charge in [-0.05, 0) is 48.9 Å². The molecule has 8 heteroatoms. The zero-order valence-electron chi connectivity index (χ0n) is 14.9. The highest BCUT2D eigenvalue weighted by molar-refractivity contribution is 6.02. The monoisotopic (exact) mass is 376 g/mol. The summed E-state index contributed by atoms with van der Waals surface area (Å²) >= 11 is 0. The maximum atomic E-state index is 12.2. The number of nitro groups is 1. The van der Waals surface area contributed by atoms with Gasteiger partial charge in [0.2, 0.25) is 5.91 Å². The lowest BCUT2D eigenvalue weighted by Crippen LogP contribution is -2.09. The summed E-state index contributed by atoms with van der Waals surface area (Å²) in [6.45, 7) is 1.82. The molecule has 0 spiro atoms. The first-order valence-corrected chi connectivity index (χ1v) is 8.31. The lowest BCUT2D eigenvalue weighted by Gasteiger charge is -2.09. The summed E-state index contributed by atoms with van der Waals surface area (Å²) in [6, 6.07) is 13.3. The Labute approximate surface area is 160 Å². The van der Waals surface area contributed by atoms with E-state index in [2.05, 4.69) is 15.3 Å². The molecule has 3 aromatic rings. The van der Waals surface area contributed by atoms with E-state index in [1.807, 2.05) is 6.92 Å². The standard InChI is InChI=1S/C20H16N4O4/c1-14-13-16(28-20-21-11-4-12-22-20)8-9-17(14)23-19(25)10-7-15-5-2-3-6-18(15)24(26)27/h2-13H,1H3,(H,23,25). The molecular formula is C20H16N4O4. The number of nitrogens with zero attached hydrogens (tertiary/aromatic N) is 3. The number of aromatic nitrogens is 2. The van der Waals surface area contributed by atoms with E-state index in [1.54, 1.807) is 54.9 Å². The molecule has 0 bridgehead atoms. The summed E-state index contributed by atoms with van der Waals surface area (Å²) in [5, 5.41) is 13.8. The van der Waals surface area contributed by atoms with Crippen LogP contribution in [0.3, 0.4) is 0 Å². The van der Waals surface area contributed by atoms with Gasteiger partial charge >= 0.3 is 6.01 Å². The number of rotatable bonds is 6. The Kier molecular flexibility index (Phi) is 5.71. The van der Waals surface area contributed by atoms with Crippen molar-refractivity contribution in [3.05, 3.63) is 88.2 Å². The van der Waals surface area contributed by atoms with Crippen LogP contribution in [0.1, 0.15) is 11.1 Å². The molecule has 3 rings (SSSR count). The van der Waals surface area contributed by atoms with E-state index in [9.17, 15) is 14.9 Å². The minimum Gasteiger partial charge on any atom is -0.424 e. The first-order chi connectivity index (χ1) is 13.5. The zero-order chi connectivity index (χ0) is 19.9. The molecule has 0 saturated carbocycles. The molecule has 2 aromatic carbocycles. The molecule has 0 unspecified atom stereocenters. The van der Waals surface area contributed by atoms with Crippen molar-refractivity contribution >= 4 is 23.4 Å². The van der Waals surface area contributed by atoms with Gasteiger partial charge in [0.15, 0.2) is 0 Å². The summed E-state index contributed by atoms with van der Waals surface area (Å²) in [5.74, 6) is 0.137. The maximum absolute atomic E-state index is 12.2. The van der Waals surface area contributed by atoms with Crippen molar-refractivity contribution in [2.45, 2.75) is 6.92 Å². The second kappa shape index (κ2) is 8.54. The lowest BCUT2D eigenvalue weighted by molar-refractivity contribution is -0.385. The SMILES string of the molecule is Cc1cc(Oc2ncccn2)ccc1NC(=O)C=Cc1ccccc1[N+](=O)[O-]. The van der Waals surface area contributed by atoms with Gasteiger partial charge in [0.25, 0.3) is 5.69 Å². The van der Waals surface area contributed by atoms with Crippen LogP contribution in [0.5, 0.6) is 11.8 Å². The largest absolute Gasteiger partial charge is 0.424 e. The molecule has 1 amide bonds. The summed E-state index contributed by atoms with van der Waals surface area (Å²) in [4.78, 5) is 30.7. The fraction of sp³-hybridized carbons (Fsp3) is 0.0500. The maximum Gasteiger partial charge on any atom is 0.321 e. The third kappa shape index (κ3) is 4.76. The van der Waals surface area contributed by atoms with Crippen LogP contribution in [0.25, 0.3) is 6.08 Å². The molecule has 1 aromatic heterocycles. The second-order valence-electron chi connectivity index (χ2n) is 5.75. The summed E-state index contributed by atoms with van der Waals surface area (Å²) in [7, 11) is 0. The summed E-state index contributed by atoms with van der Waals surface area (Å²) < 4.78 is 5.55. The third-order valence-electron chi connectivity index (χ3n) is 3.75. The van der Waals surface area contributed by atoms with Gasteiger partial charge < -0.3 is 10.1 Å². The first kappa shape index (κ1) is 18.7. The molecule has 8 nitrogen and oxygen atoms in total. The molecule has 0 saturated heterocycles. The number of amides is 1. The first-order valence-electron chi connectivity index (χ1n) is 8.31. The number of benzene rings is 2. The van der Waals surface area contributed by atoms with Crippen LogP contribution in [0.15, 0.2) is 67.0 Å². The van der Waals surface area contributed by atoms with Crippen LogP contribution >= 0.6 is 0 Å². The van der Waals surface area contributed by atoms with E-state index >= 15 is 0 Å². The predicted molar refractivity (Wildman–Crippen MR) is 104 cm³/mol. The molecule has 0 radical (unpaired) electrons. The molecule has 0 fully saturated rings. The highest BCUT2D eigenvalue weighted by Crippen LogP contribution is 2.24. The Hall–Kier alpha value is -4.07. The zero-order valence-corrected chi connectivity index (χ0v) is 14.9. The number of hydrogen-bond acceptors (Lipinski definition) is 6. The minimum absolute atomic E-state index is 0.0626. The number of nitro benzene ring substituents is 1.